The molecule has 1 amide bonds. The van der Waals surface area contributed by atoms with E-state index in [0.717, 1.165) is 35.0 Å². The van der Waals surface area contributed by atoms with Crippen molar-refractivity contribution >= 4 is 56.5 Å². The number of amides is 1. The van der Waals surface area contributed by atoms with Gasteiger partial charge in [0.2, 0.25) is 5.91 Å². The Kier molecular flexibility index (Phi) is 5.75. The summed E-state index contributed by atoms with van der Waals surface area (Å²) in [4.78, 5) is 34.2. The van der Waals surface area contributed by atoms with Crippen LogP contribution in [0.25, 0.3) is 10.2 Å². The van der Waals surface area contributed by atoms with Crippen molar-refractivity contribution in [1.82, 2.24) is 9.97 Å². The van der Waals surface area contributed by atoms with Gasteiger partial charge in [0.25, 0.3) is 5.56 Å². The SMILES string of the molecule is Cc1ccc(NC(=O)CCSCc2nc3sc4c(c3c(=O)[nH]2)CCC4)cc1Cl. The lowest BCUT2D eigenvalue weighted by Crippen LogP contribution is -2.13. The number of hydrogen-bond donors (Lipinski definition) is 2. The topological polar surface area (TPSA) is 74.8 Å². The average Bonchev–Trinajstić information content (AvgIpc) is 3.22. The number of anilines is 1. The third-order valence-electron chi connectivity index (χ3n) is 4.79. The summed E-state index contributed by atoms with van der Waals surface area (Å²) in [6, 6.07) is 5.48. The monoisotopic (exact) mass is 433 g/mol. The van der Waals surface area contributed by atoms with Crippen molar-refractivity contribution in [1.29, 1.82) is 0 Å². The summed E-state index contributed by atoms with van der Waals surface area (Å²) in [5, 5.41) is 4.27. The van der Waals surface area contributed by atoms with Crippen LogP contribution in [-0.2, 0) is 23.4 Å². The molecule has 0 saturated heterocycles. The summed E-state index contributed by atoms with van der Waals surface area (Å²) in [7, 11) is 0. The van der Waals surface area contributed by atoms with Crippen molar-refractivity contribution in [2.45, 2.75) is 38.4 Å². The number of aromatic amines is 1. The van der Waals surface area contributed by atoms with Crippen LogP contribution >= 0.6 is 34.7 Å². The number of thioether (sulfide) groups is 1. The van der Waals surface area contributed by atoms with E-state index in [1.807, 2.05) is 19.1 Å². The summed E-state index contributed by atoms with van der Waals surface area (Å²) < 4.78 is 0. The number of carbonyl (C=O) groups excluding carboxylic acids is 1. The predicted octanol–water partition coefficient (Wildman–Crippen LogP) is 4.70. The molecule has 4 rings (SSSR count). The molecular weight excluding hydrogens is 414 g/mol. The maximum atomic E-state index is 12.4. The Bertz CT molecular complexity index is 1110. The fourth-order valence-electron chi connectivity index (χ4n) is 3.34. The van der Waals surface area contributed by atoms with Crippen molar-refractivity contribution < 1.29 is 4.79 Å². The van der Waals surface area contributed by atoms with Crippen molar-refractivity contribution in [3.8, 4) is 0 Å². The van der Waals surface area contributed by atoms with E-state index in [1.165, 1.54) is 10.4 Å². The van der Waals surface area contributed by atoms with Crippen LogP contribution in [0.3, 0.4) is 0 Å². The van der Waals surface area contributed by atoms with Crippen LogP contribution < -0.4 is 10.9 Å². The molecule has 8 heteroatoms. The first-order chi connectivity index (χ1) is 13.5. The Morgan fingerprint density at radius 3 is 3.07 bits per heavy atom. The first-order valence-electron chi connectivity index (χ1n) is 9.18. The van der Waals surface area contributed by atoms with Crippen molar-refractivity contribution in [3.05, 3.63) is 55.4 Å². The Balaban J connectivity index is 1.31. The summed E-state index contributed by atoms with van der Waals surface area (Å²) >= 11 is 9.31. The van der Waals surface area contributed by atoms with Crippen LogP contribution in [0, 0.1) is 6.92 Å². The van der Waals surface area contributed by atoms with Gasteiger partial charge >= 0.3 is 0 Å². The van der Waals surface area contributed by atoms with Crippen LogP contribution in [0.4, 0.5) is 5.69 Å². The number of carbonyl (C=O) groups is 1. The van der Waals surface area contributed by atoms with Crippen LogP contribution in [0.1, 0.15) is 34.7 Å². The molecular formula is C20H20ClN3O2S2. The van der Waals surface area contributed by atoms with Crippen molar-refractivity contribution in [2.75, 3.05) is 11.1 Å². The molecule has 5 nitrogen and oxygen atoms in total. The van der Waals surface area contributed by atoms with Gasteiger partial charge in [0.05, 0.1) is 11.1 Å². The maximum Gasteiger partial charge on any atom is 0.259 e. The number of rotatable bonds is 6. The lowest BCUT2D eigenvalue weighted by Gasteiger charge is -2.07. The van der Waals surface area contributed by atoms with Crippen LogP contribution in [0.15, 0.2) is 23.0 Å². The zero-order valence-corrected chi connectivity index (χ0v) is 17.8. The minimum Gasteiger partial charge on any atom is -0.326 e. The molecule has 0 fully saturated rings. The molecule has 0 spiro atoms. The Labute approximate surface area is 175 Å². The second-order valence-electron chi connectivity index (χ2n) is 6.86. The van der Waals surface area contributed by atoms with Gasteiger partial charge in [-0.2, -0.15) is 11.8 Å². The van der Waals surface area contributed by atoms with Gasteiger partial charge in [-0.25, -0.2) is 4.98 Å². The highest BCUT2D eigenvalue weighted by molar-refractivity contribution is 7.98. The molecule has 2 heterocycles. The number of aryl methyl sites for hydroxylation is 3. The maximum absolute atomic E-state index is 12.4. The number of aromatic nitrogens is 2. The molecule has 0 radical (unpaired) electrons. The van der Waals surface area contributed by atoms with E-state index in [4.69, 9.17) is 11.6 Å². The molecule has 0 aliphatic heterocycles. The number of H-pyrrole nitrogens is 1. The van der Waals surface area contributed by atoms with E-state index in [0.29, 0.717) is 34.5 Å². The second-order valence-corrected chi connectivity index (χ2v) is 9.46. The molecule has 146 valence electrons. The molecule has 0 saturated carbocycles. The normalized spacial score (nSPS) is 13.1. The number of fused-ring (bicyclic) bond motifs is 3. The number of nitrogens with zero attached hydrogens (tertiary/aromatic N) is 1. The third-order valence-corrected chi connectivity index (χ3v) is 7.36. The fourth-order valence-corrected chi connectivity index (χ4v) is 5.61. The van der Waals surface area contributed by atoms with E-state index < -0.39 is 0 Å². The molecule has 1 aliphatic rings. The fraction of sp³-hybridized carbons (Fsp3) is 0.350. The number of hydrogen-bond acceptors (Lipinski definition) is 5. The largest absolute Gasteiger partial charge is 0.326 e. The molecule has 3 aromatic rings. The number of thiophene rings is 1. The summed E-state index contributed by atoms with van der Waals surface area (Å²) in [6.45, 7) is 1.92. The van der Waals surface area contributed by atoms with Gasteiger partial charge in [-0.05, 0) is 49.4 Å². The highest BCUT2D eigenvalue weighted by Crippen LogP contribution is 2.34. The van der Waals surface area contributed by atoms with E-state index in [2.05, 4.69) is 15.3 Å². The first kappa shape index (κ1) is 19.5. The zero-order chi connectivity index (χ0) is 19.7. The Hall–Kier alpha value is -1.83. The molecule has 0 unspecified atom stereocenters. The standard InChI is InChI=1S/C20H20ClN3O2S2/c1-11-5-6-12(9-14(11)21)22-17(25)7-8-27-10-16-23-19(26)18-13-3-2-4-15(13)28-20(18)24-16/h5-6,9H,2-4,7-8,10H2,1H3,(H,22,25)(H,23,24,26). The van der Waals surface area contributed by atoms with Crippen LogP contribution in [0.5, 0.6) is 0 Å². The van der Waals surface area contributed by atoms with E-state index in [1.54, 1.807) is 29.2 Å². The Morgan fingerprint density at radius 1 is 1.39 bits per heavy atom. The summed E-state index contributed by atoms with van der Waals surface area (Å²) in [5.41, 5.74) is 2.84. The number of nitrogens with one attached hydrogen (secondary N) is 2. The summed E-state index contributed by atoms with van der Waals surface area (Å²) in [6.07, 6.45) is 3.55. The molecule has 1 aromatic carbocycles. The van der Waals surface area contributed by atoms with Crippen molar-refractivity contribution in [3.63, 3.8) is 0 Å². The molecule has 28 heavy (non-hydrogen) atoms. The third kappa shape index (κ3) is 4.11. The highest BCUT2D eigenvalue weighted by Gasteiger charge is 2.21. The molecule has 0 atom stereocenters. The van der Waals surface area contributed by atoms with Gasteiger partial charge in [0.15, 0.2) is 0 Å². The van der Waals surface area contributed by atoms with E-state index in [-0.39, 0.29) is 11.5 Å². The van der Waals surface area contributed by atoms with Gasteiger partial charge in [0, 0.05) is 27.8 Å². The van der Waals surface area contributed by atoms with E-state index in [9.17, 15) is 9.59 Å². The predicted molar refractivity (Wildman–Crippen MR) is 118 cm³/mol. The number of benzene rings is 1. The molecule has 1 aliphatic carbocycles. The lowest BCUT2D eigenvalue weighted by atomic mass is 10.2. The minimum atomic E-state index is -0.0565. The number of halogens is 1. The quantitative estimate of drug-likeness (QED) is 0.552. The highest BCUT2D eigenvalue weighted by atomic mass is 35.5. The van der Waals surface area contributed by atoms with Gasteiger partial charge in [0.1, 0.15) is 10.7 Å². The van der Waals surface area contributed by atoms with Gasteiger partial charge < -0.3 is 10.3 Å². The smallest absolute Gasteiger partial charge is 0.259 e. The minimum absolute atomic E-state index is 0.0333. The van der Waals surface area contributed by atoms with Crippen LogP contribution in [-0.4, -0.2) is 21.6 Å². The molecule has 2 N–H and O–H groups in total. The van der Waals surface area contributed by atoms with Gasteiger partial charge in [-0.15, -0.1) is 11.3 Å². The Morgan fingerprint density at radius 2 is 2.25 bits per heavy atom. The second kappa shape index (κ2) is 8.27. The zero-order valence-electron chi connectivity index (χ0n) is 15.4. The first-order valence-corrected chi connectivity index (χ1v) is 11.5. The van der Waals surface area contributed by atoms with Gasteiger partial charge in [-0.1, -0.05) is 17.7 Å². The molecule has 0 bridgehead atoms. The van der Waals surface area contributed by atoms with Crippen LogP contribution in [0.2, 0.25) is 5.02 Å². The lowest BCUT2D eigenvalue weighted by molar-refractivity contribution is -0.115. The van der Waals surface area contributed by atoms with E-state index >= 15 is 0 Å². The molecule has 2 aromatic heterocycles. The van der Waals surface area contributed by atoms with Gasteiger partial charge in [-0.3, -0.25) is 9.59 Å². The van der Waals surface area contributed by atoms with Crippen molar-refractivity contribution in [2.24, 2.45) is 0 Å². The summed E-state index contributed by atoms with van der Waals surface area (Å²) in [5.74, 6) is 1.85. The average molecular weight is 434 g/mol.